The van der Waals surface area contributed by atoms with Crippen molar-refractivity contribution in [3.63, 3.8) is 0 Å². The Bertz CT molecular complexity index is 295. The molecule has 1 aromatic carbocycles. The first-order valence-electron chi connectivity index (χ1n) is 3.34. The summed E-state index contributed by atoms with van der Waals surface area (Å²) >= 11 is 0. The van der Waals surface area contributed by atoms with Crippen LogP contribution >= 0.6 is 0 Å². The number of hydrogen-bond donors (Lipinski definition) is 0. The van der Waals surface area contributed by atoms with Crippen molar-refractivity contribution < 1.29 is 22.7 Å². The van der Waals surface area contributed by atoms with E-state index in [0.29, 0.717) is 0 Å². The molecule has 0 aliphatic rings. The Kier molecular flexibility index (Phi) is 2.89. The van der Waals surface area contributed by atoms with Crippen molar-refractivity contribution in [2.75, 3.05) is 0 Å². The largest absolute Gasteiger partial charge is 0.399 e. The maximum atomic E-state index is 12.3. The predicted molar refractivity (Wildman–Crippen MR) is 37.8 cm³/mol. The Morgan fingerprint density at radius 1 is 1.23 bits per heavy atom. The molecule has 70 valence electrons. The third kappa shape index (κ3) is 2.77. The van der Waals surface area contributed by atoms with Gasteiger partial charge in [-0.25, -0.2) is 9.18 Å². The standard InChI is InChI=1S/C8H5F3O2/c9-6-3-1-5(2-4-6)7(12)13-8(10)11/h1-4,8H. The van der Waals surface area contributed by atoms with E-state index in [4.69, 9.17) is 0 Å². The first-order chi connectivity index (χ1) is 6.09. The number of rotatable bonds is 2. The maximum Gasteiger partial charge on any atom is 0.389 e. The lowest BCUT2D eigenvalue weighted by Gasteiger charge is -2.01. The summed E-state index contributed by atoms with van der Waals surface area (Å²) in [6.45, 7) is -3.16. The second-order valence-corrected chi connectivity index (χ2v) is 2.17. The van der Waals surface area contributed by atoms with Crippen molar-refractivity contribution in [1.82, 2.24) is 0 Å². The van der Waals surface area contributed by atoms with E-state index in [0.717, 1.165) is 24.3 Å². The molecule has 0 saturated heterocycles. The normalized spacial score (nSPS) is 10.2. The highest BCUT2D eigenvalue weighted by Crippen LogP contribution is 2.06. The summed E-state index contributed by atoms with van der Waals surface area (Å²) in [6.07, 6.45) is 0. The van der Waals surface area contributed by atoms with E-state index in [1.165, 1.54) is 0 Å². The second-order valence-electron chi connectivity index (χ2n) is 2.17. The molecule has 0 amide bonds. The van der Waals surface area contributed by atoms with Crippen molar-refractivity contribution in [3.8, 4) is 0 Å². The summed E-state index contributed by atoms with van der Waals surface area (Å²) in [5.41, 5.74) is -0.110. The van der Waals surface area contributed by atoms with Crippen molar-refractivity contribution in [2.24, 2.45) is 0 Å². The first kappa shape index (κ1) is 9.57. The van der Waals surface area contributed by atoms with Crippen molar-refractivity contribution >= 4 is 5.97 Å². The van der Waals surface area contributed by atoms with Crippen LogP contribution in [0.25, 0.3) is 0 Å². The monoisotopic (exact) mass is 190 g/mol. The molecule has 0 fully saturated rings. The quantitative estimate of drug-likeness (QED) is 0.668. The Labute approximate surface area is 71.9 Å². The highest BCUT2D eigenvalue weighted by molar-refractivity contribution is 5.89. The van der Waals surface area contributed by atoms with Crippen LogP contribution in [0.2, 0.25) is 0 Å². The summed E-state index contributed by atoms with van der Waals surface area (Å²) < 4.78 is 39.0. The number of ether oxygens (including phenoxy) is 1. The molecule has 5 heteroatoms. The lowest BCUT2D eigenvalue weighted by Crippen LogP contribution is -2.09. The van der Waals surface area contributed by atoms with Gasteiger partial charge in [-0.3, -0.25) is 0 Å². The zero-order chi connectivity index (χ0) is 9.84. The molecule has 2 nitrogen and oxygen atoms in total. The number of hydrogen-bond acceptors (Lipinski definition) is 2. The SMILES string of the molecule is O=C(OC(F)F)c1ccc(F)cc1. The Balaban J connectivity index is 2.72. The summed E-state index contributed by atoms with van der Waals surface area (Å²) in [7, 11) is 0. The minimum atomic E-state index is -3.16. The van der Waals surface area contributed by atoms with Crippen LogP contribution in [0.5, 0.6) is 0 Å². The van der Waals surface area contributed by atoms with Gasteiger partial charge >= 0.3 is 12.6 Å². The third-order valence-electron chi connectivity index (χ3n) is 1.28. The molecule has 13 heavy (non-hydrogen) atoms. The van der Waals surface area contributed by atoms with Gasteiger partial charge in [-0.15, -0.1) is 0 Å². The Morgan fingerprint density at radius 2 is 1.77 bits per heavy atom. The lowest BCUT2D eigenvalue weighted by molar-refractivity contribution is -0.0906. The highest BCUT2D eigenvalue weighted by atomic mass is 19.3. The number of halogens is 3. The average Bonchev–Trinajstić information content (AvgIpc) is 2.04. The number of carbonyl (C=O) groups is 1. The van der Waals surface area contributed by atoms with E-state index in [1.807, 2.05) is 0 Å². The molecule has 0 atom stereocenters. The summed E-state index contributed by atoms with van der Waals surface area (Å²) in [5.74, 6) is -1.72. The molecule has 0 radical (unpaired) electrons. The first-order valence-corrected chi connectivity index (χ1v) is 3.34. The lowest BCUT2D eigenvalue weighted by atomic mass is 10.2. The van der Waals surface area contributed by atoms with Gasteiger partial charge in [0.25, 0.3) is 0 Å². The van der Waals surface area contributed by atoms with Crippen LogP contribution in [0, 0.1) is 5.82 Å². The minimum absolute atomic E-state index is 0.110. The molecule has 0 spiro atoms. The van der Waals surface area contributed by atoms with Crippen LogP contribution in [0.4, 0.5) is 13.2 Å². The van der Waals surface area contributed by atoms with Crippen LogP contribution in [-0.4, -0.2) is 12.6 Å². The van der Waals surface area contributed by atoms with Gasteiger partial charge < -0.3 is 4.74 Å². The van der Waals surface area contributed by atoms with Gasteiger partial charge in [0.15, 0.2) is 0 Å². The summed E-state index contributed by atoms with van der Waals surface area (Å²) in [5, 5.41) is 0. The molecule has 0 aromatic heterocycles. The Morgan fingerprint density at radius 3 is 2.23 bits per heavy atom. The molecule has 0 unspecified atom stereocenters. The number of esters is 1. The number of alkyl halides is 2. The predicted octanol–water partition coefficient (Wildman–Crippen LogP) is 2.21. The maximum absolute atomic E-state index is 12.3. The van der Waals surface area contributed by atoms with Gasteiger partial charge in [-0.05, 0) is 24.3 Å². The zero-order valence-corrected chi connectivity index (χ0v) is 6.34. The molecule has 0 bridgehead atoms. The molecular formula is C8H5F3O2. The molecule has 0 aliphatic carbocycles. The smallest absolute Gasteiger partial charge is 0.389 e. The molecule has 1 aromatic rings. The van der Waals surface area contributed by atoms with E-state index in [2.05, 4.69) is 4.74 Å². The molecule has 0 N–H and O–H groups in total. The second kappa shape index (κ2) is 3.93. The summed E-state index contributed by atoms with van der Waals surface area (Å²) in [6, 6.07) is 4.12. The number of carbonyl (C=O) groups excluding carboxylic acids is 1. The van der Waals surface area contributed by atoms with Crippen molar-refractivity contribution in [3.05, 3.63) is 35.6 Å². The summed E-state index contributed by atoms with van der Waals surface area (Å²) in [4.78, 5) is 10.7. The van der Waals surface area contributed by atoms with E-state index in [1.54, 1.807) is 0 Å². The zero-order valence-electron chi connectivity index (χ0n) is 6.34. The third-order valence-corrected chi connectivity index (χ3v) is 1.28. The van der Waals surface area contributed by atoms with Crippen LogP contribution < -0.4 is 0 Å². The fourth-order valence-corrected chi connectivity index (χ4v) is 0.735. The van der Waals surface area contributed by atoms with E-state index < -0.39 is 18.4 Å². The molecule has 0 heterocycles. The Hall–Kier alpha value is -1.52. The van der Waals surface area contributed by atoms with Crippen LogP contribution in [0.15, 0.2) is 24.3 Å². The molecule has 0 saturated carbocycles. The van der Waals surface area contributed by atoms with Crippen LogP contribution in [0.1, 0.15) is 10.4 Å². The van der Waals surface area contributed by atoms with E-state index >= 15 is 0 Å². The highest BCUT2D eigenvalue weighted by Gasteiger charge is 2.12. The van der Waals surface area contributed by atoms with Gasteiger partial charge in [0.1, 0.15) is 5.82 Å². The van der Waals surface area contributed by atoms with Gasteiger partial charge in [0, 0.05) is 0 Å². The van der Waals surface area contributed by atoms with Gasteiger partial charge in [0.05, 0.1) is 5.56 Å². The van der Waals surface area contributed by atoms with Crippen LogP contribution in [0.3, 0.4) is 0 Å². The van der Waals surface area contributed by atoms with E-state index in [9.17, 15) is 18.0 Å². The van der Waals surface area contributed by atoms with Crippen molar-refractivity contribution in [1.29, 1.82) is 0 Å². The van der Waals surface area contributed by atoms with Gasteiger partial charge in [-0.1, -0.05) is 0 Å². The minimum Gasteiger partial charge on any atom is -0.399 e. The average molecular weight is 190 g/mol. The van der Waals surface area contributed by atoms with Crippen molar-refractivity contribution in [2.45, 2.75) is 6.61 Å². The van der Waals surface area contributed by atoms with Gasteiger partial charge in [-0.2, -0.15) is 8.78 Å². The van der Waals surface area contributed by atoms with E-state index in [-0.39, 0.29) is 5.56 Å². The fourth-order valence-electron chi connectivity index (χ4n) is 0.735. The van der Waals surface area contributed by atoms with Gasteiger partial charge in [0.2, 0.25) is 0 Å². The van der Waals surface area contributed by atoms with Crippen LogP contribution in [-0.2, 0) is 4.74 Å². The molecule has 1 rings (SSSR count). The fraction of sp³-hybridized carbons (Fsp3) is 0.125. The molecular weight excluding hydrogens is 185 g/mol. The molecule has 0 aliphatic heterocycles. The topological polar surface area (TPSA) is 26.3 Å². The number of benzene rings is 1.